The van der Waals surface area contributed by atoms with Gasteiger partial charge in [-0.25, -0.2) is 12.8 Å². The average molecular weight is 266 g/mol. The molecule has 1 atom stereocenters. The normalized spacial score (nSPS) is 20.8. The first kappa shape index (κ1) is 12.7. The molecular weight excluding hydrogens is 255 g/mol. The Bertz CT molecular complexity index is 632. The standard InChI is InChI=1S/C12H11FN2O2S/c13-11-2-1-9(6-14)10(5-11)7-15-12-3-4-18(16,17)8-12/h1-5,12,15H,7-8H2. The van der Waals surface area contributed by atoms with Gasteiger partial charge in [0.15, 0.2) is 9.84 Å². The number of rotatable bonds is 3. The molecule has 0 saturated heterocycles. The van der Waals surface area contributed by atoms with Gasteiger partial charge in [0, 0.05) is 18.0 Å². The first-order valence-electron chi connectivity index (χ1n) is 5.33. The van der Waals surface area contributed by atoms with E-state index >= 15 is 0 Å². The highest BCUT2D eigenvalue weighted by Gasteiger charge is 2.21. The molecule has 1 aliphatic heterocycles. The zero-order valence-electron chi connectivity index (χ0n) is 9.43. The Morgan fingerprint density at radius 3 is 2.89 bits per heavy atom. The van der Waals surface area contributed by atoms with E-state index in [2.05, 4.69) is 5.32 Å². The number of nitrogens with one attached hydrogen (secondary N) is 1. The number of nitrogens with zero attached hydrogens (tertiary/aromatic N) is 1. The van der Waals surface area contributed by atoms with E-state index in [1.54, 1.807) is 6.08 Å². The molecule has 0 saturated carbocycles. The van der Waals surface area contributed by atoms with Crippen molar-refractivity contribution >= 4 is 9.84 Å². The van der Waals surface area contributed by atoms with Gasteiger partial charge in [-0.05, 0) is 23.8 Å². The van der Waals surface area contributed by atoms with Gasteiger partial charge in [0.2, 0.25) is 0 Å². The van der Waals surface area contributed by atoms with Gasteiger partial charge in [0.1, 0.15) is 5.82 Å². The third kappa shape index (κ3) is 2.94. The molecule has 0 aliphatic carbocycles. The Morgan fingerprint density at radius 1 is 1.50 bits per heavy atom. The minimum atomic E-state index is -3.11. The van der Waals surface area contributed by atoms with E-state index < -0.39 is 15.7 Å². The van der Waals surface area contributed by atoms with E-state index in [4.69, 9.17) is 5.26 Å². The third-order valence-corrected chi connectivity index (χ3v) is 4.07. The highest BCUT2D eigenvalue weighted by atomic mass is 32.2. The Morgan fingerprint density at radius 2 is 2.28 bits per heavy atom. The van der Waals surface area contributed by atoms with Crippen molar-refractivity contribution in [3.63, 3.8) is 0 Å². The van der Waals surface area contributed by atoms with Crippen molar-refractivity contribution in [2.75, 3.05) is 5.75 Å². The molecule has 1 heterocycles. The number of hydrogen-bond acceptors (Lipinski definition) is 4. The van der Waals surface area contributed by atoms with Gasteiger partial charge in [-0.1, -0.05) is 6.08 Å². The fourth-order valence-corrected chi connectivity index (χ4v) is 3.03. The Labute approximate surface area is 105 Å². The average Bonchev–Trinajstić information content (AvgIpc) is 2.66. The molecule has 0 radical (unpaired) electrons. The van der Waals surface area contributed by atoms with Gasteiger partial charge in [0.05, 0.1) is 17.4 Å². The minimum Gasteiger partial charge on any atom is -0.305 e. The topological polar surface area (TPSA) is 70.0 Å². The number of benzene rings is 1. The number of halogens is 1. The predicted molar refractivity (Wildman–Crippen MR) is 64.7 cm³/mol. The fraction of sp³-hybridized carbons (Fsp3) is 0.250. The van der Waals surface area contributed by atoms with Crippen LogP contribution in [0, 0.1) is 17.1 Å². The Hall–Kier alpha value is -1.71. The van der Waals surface area contributed by atoms with E-state index in [9.17, 15) is 12.8 Å². The van der Waals surface area contributed by atoms with Gasteiger partial charge >= 0.3 is 0 Å². The van der Waals surface area contributed by atoms with E-state index in [1.807, 2.05) is 6.07 Å². The SMILES string of the molecule is N#Cc1ccc(F)cc1CNC1C=CS(=O)(=O)C1. The molecule has 0 fully saturated rings. The van der Waals surface area contributed by atoms with Crippen LogP contribution < -0.4 is 5.32 Å². The van der Waals surface area contributed by atoms with Gasteiger partial charge in [-0.15, -0.1) is 0 Å². The molecule has 0 spiro atoms. The van der Waals surface area contributed by atoms with Crippen molar-refractivity contribution in [1.82, 2.24) is 5.32 Å². The van der Waals surface area contributed by atoms with E-state index in [-0.39, 0.29) is 18.3 Å². The number of nitriles is 1. The van der Waals surface area contributed by atoms with Gasteiger partial charge in [-0.3, -0.25) is 0 Å². The van der Waals surface area contributed by atoms with E-state index in [1.165, 1.54) is 23.6 Å². The van der Waals surface area contributed by atoms with Crippen LogP contribution in [0.3, 0.4) is 0 Å². The molecule has 1 aromatic rings. The zero-order valence-corrected chi connectivity index (χ0v) is 10.2. The molecule has 0 amide bonds. The monoisotopic (exact) mass is 266 g/mol. The second-order valence-corrected chi connectivity index (χ2v) is 5.99. The molecule has 1 N–H and O–H groups in total. The van der Waals surface area contributed by atoms with Crippen LogP contribution in [0.2, 0.25) is 0 Å². The minimum absolute atomic E-state index is 0.00417. The molecule has 0 bridgehead atoms. The summed E-state index contributed by atoms with van der Waals surface area (Å²) in [5.74, 6) is -0.412. The molecule has 1 unspecified atom stereocenters. The van der Waals surface area contributed by atoms with Crippen molar-refractivity contribution in [1.29, 1.82) is 5.26 Å². The van der Waals surface area contributed by atoms with E-state index in [0.29, 0.717) is 11.1 Å². The predicted octanol–water partition coefficient (Wildman–Crippen LogP) is 1.10. The van der Waals surface area contributed by atoms with Crippen LogP contribution in [0.25, 0.3) is 0 Å². The fourth-order valence-electron chi connectivity index (χ4n) is 1.76. The molecule has 6 heteroatoms. The second-order valence-electron chi connectivity index (χ2n) is 4.06. The third-order valence-electron chi connectivity index (χ3n) is 2.67. The van der Waals surface area contributed by atoms with Crippen LogP contribution in [0.1, 0.15) is 11.1 Å². The highest BCUT2D eigenvalue weighted by molar-refractivity contribution is 7.94. The van der Waals surface area contributed by atoms with Crippen molar-refractivity contribution < 1.29 is 12.8 Å². The Kier molecular flexibility index (Phi) is 3.45. The van der Waals surface area contributed by atoms with Crippen molar-refractivity contribution in [2.45, 2.75) is 12.6 Å². The van der Waals surface area contributed by atoms with Crippen molar-refractivity contribution in [3.05, 3.63) is 46.6 Å². The smallest absolute Gasteiger partial charge is 0.173 e. The molecule has 0 aromatic heterocycles. The van der Waals surface area contributed by atoms with Crippen LogP contribution in [0.5, 0.6) is 0 Å². The maximum atomic E-state index is 13.1. The lowest BCUT2D eigenvalue weighted by Crippen LogP contribution is -2.29. The maximum absolute atomic E-state index is 13.1. The maximum Gasteiger partial charge on any atom is 0.173 e. The van der Waals surface area contributed by atoms with Crippen LogP contribution in [-0.4, -0.2) is 20.2 Å². The molecule has 2 rings (SSSR count). The molecule has 1 aliphatic rings. The summed E-state index contributed by atoms with van der Waals surface area (Å²) in [5, 5.41) is 13.0. The summed E-state index contributed by atoms with van der Waals surface area (Å²) in [6.07, 6.45) is 1.56. The summed E-state index contributed by atoms with van der Waals surface area (Å²) in [7, 11) is -3.11. The van der Waals surface area contributed by atoms with Crippen molar-refractivity contribution in [2.24, 2.45) is 0 Å². The summed E-state index contributed by atoms with van der Waals surface area (Å²) < 4.78 is 35.4. The highest BCUT2D eigenvalue weighted by Crippen LogP contribution is 2.12. The van der Waals surface area contributed by atoms with E-state index in [0.717, 1.165) is 0 Å². The van der Waals surface area contributed by atoms with Crippen LogP contribution in [0.15, 0.2) is 29.7 Å². The summed E-state index contributed by atoms with van der Waals surface area (Å²) in [5.41, 5.74) is 0.906. The molecule has 94 valence electrons. The lowest BCUT2D eigenvalue weighted by molar-refractivity contribution is 0.587. The summed E-state index contributed by atoms with van der Waals surface area (Å²) in [6, 6.07) is 5.60. The van der Waals surface area contributed by atoms with Gasteiger partial charge in [0.25, 0.3) is 0 Å². The largest absolute Gasteiger partial charge is 0.305 e. The van der Waals surface area contributed by atoms with Gasteiger partial charge in [-0.2, -0.15) is 5.26 Å². The van der Waals surface area contributed by atoms with Crippen LogP contribution in [-0.2, 0) is 16.4 Å². The first-order valence-corrected chi connectivity index (χ1v) is 7.04. The Balaban J connectivity index is 2.06. The number of hydrogen-bond donors (Lipinski definition) is 1. The van der Waals surface area contributed by atoms with Crippen LogP contribution >= 0.6 is 0 Å². The van der Waals surface area contributed by atoms with Crippen molar-refractivity contribution in [3.8, 4) is 6.07 Å². The van der Waals surface area contributed by atoms with Crippen LogP contribution in [0.4, 0.5) is 4.39 Å². The van der Waals surface area contributed by atoms with Gasteiger partial charge < -0.3 is 5.32 Å². The molecular formula is C12H11FN2O2S. The quantitative estimate of drug-likeness (QED) is 0.889. The summed E-state index contributed by atoms with van der Waals surface area (Å²) >= 11 is 0. The molecule has 1 aromatic carbocycles. The molecule has 4 nitrogen and oxygen atoms in total. The molecule has 18 heavy (non-hydrogen) atoms. The lowest BCUT2D eigenvalue weighted by atomic mass is 10.1. The summed E-state index contributed by atoms with van der Waals surface area (Å²) in [4.78, 5) is 0. The number of sulfone groups is 1. The lowest BCUT2D eigenvalue weighted by Gasteiger charge is -2.10. The summed E-state index contributed by atoms with van der Waals surface area (Å²) in [6.45, 7) is 0.255. The zero-order chi connectivity index (χ0) is 13.2. The second kappa shape index (κ2) is 4.88. The first-order chi connectivity index (χ1) is 8.50.